The van der Waals surface area contributed by atoms with E-state index in [1.54, 1.807) is 29.1 Å². The molecule has 1 amide bonds. The topological polar surface area (TPSA) is 71.8 Å². The minimum atomic E-state index is -0.294. The lowest BCUT2D eigenvalue weighted by Gasteiger charge is -2.26. The van der Waals surface area contributed by atoms with Crippen molar-refractivity contribution in [3.05, 3.63) is 39.6 Å². The Morgan fingerprint density at radius 1 is 1.50 bits per heavy atom. The van der Waals surface area contributed by atoms with Crippen LogP contribution in [0.3, 0.4) is 0 Å². The van der Waals surface area contributed by atoms with Crippen LogP contribution in [0.1, 0.15) is 16.5 Å². The molecule has 20 heavy (non-hydrogen) atoms. The Hall–Kier alpha value is -1.44. The van der Waals surface area contributed by atoms with Gasteiger partial charge in [0, 0.05) is 23.2 Å². The van der Waals surface area contributed by atoms with Crippen LogP contribution >= 0.6 is 27.5 Å². The molecule has 0 radical (unpaired) electrons. The number of carbonyl (C=O) groups is 1. The summed E-state index contributed by atoms with van der Waals surface area (Å²) in [6.45, 7) is 1.71. The normalized spacial score (nSPS) is 14.9. The van der Waals surface area contributed by atoms with E-state index in [0.717, 1.165) is 17.6 Å². The predicted molar refractivity (Wildman–Crippen MR) is 79.0 cm³/mol. The van der Waals surface area contributed by atoms with Gasteiger partial charge >= 0.3 is 0 Å². The highest BCUT2D eigenvalue weighted by molar-refractivity contribution is 9.10. The van der Waals surface area contributed by atoms with Crippen molar-refractivity contribution in [3.63, 3.8) is 0 Å². The molecule has 2 N–H and O–H groups in total. The van der Waals surface area contributed by atoms with Crippen LogP contribution in [0.2, 0.25) is 5.02 Å². The van der Waals surface area contributed by atoms with E-state index in [1.165, 1.54) is 0 Å². The Bertz CT molecular complexity index is 655. The van der Waals surface area contributed by atoms with Crippen molar-refractivity contribution in [2.75, 3.05) is 18.4 Å². The first-order valence-electron chi connectivity index (χ1n) is 6.02. The molecule has 8 heteroatoms. The maximum Gasteiger partial charge on any atom is 0.277 e. The number of anilines is 1. The van der Waals surface area contributed by atoms with Crippen LogP contribution in [0.15, 0.2) is 28.9 Å². The van der Waals surface area contributed by atoms with Crippen LogP contribution in [0.5, 0.6) is 0 Å². The highest BCUT2D eigenvalue weighted by Crippen LogP contribution is 2.25. The fourth-order valence-corrected chi connectivity index (χ4v) is 2.29. The van der Waals surface area contributed by atoms with Gasteiger partial charge < -0.3 is 10.6 Å². The number of nitrogens with one attached hydrogen (secondary N) is 2. The number of rotatable bonds is 3. The lowest BCUT2D eigenvalue weighted by Crippen LogP contribution is -2.43. The highest BCUT2D eigenvalue weighted by Gasteiger charge is 2.21. The van der Waals surface area contributed by atoms with Gasteiger partial charge in [-0.1, -0.05) is 16.8 Å². The van der Waals surface area contributed by atoms with Crippen molar-refractivity contribution in [2.24, 2.45) is 0 Å². The van der Waals surface area contributed by atoms with Crippen LogP contribution in [-0.4, -0.2) is 34.0 Å². The molecular weight excluding hydrogens is 346 g/mol. The van der Waals surface area contributed by atoms with Gasteiger partial charge in [0.05, 0.1) is 17.3 Å². The summed E-state index contributed by atoms with van der Waals surface area (Å²) < 4.78 is 2.43. The Kier molecular flexibility index (Phi) is 3.73. The van der Waals surface area contributed by atoms with Gasteiger partial charge in [0.2, 0.25) is 0 Å². The van der Waals surface area contributed by atoms with Crippen molar-refractivity contribution in [3.8, 4) is 0 Å². The molecule has 2 heterocycles. The minimum Gasteiger partial charge on any atom is -0.321 e. The highest BCUT2D eigenvalue weighted by atomic mass is 79.9. The summed E-state index contributed by atoms with van der Waals surface area (Å²) in [6.07, 6.45) is 1.66. The zero-order valence-electron chi connectivity index (χ0n) is 10.3. The van der Waals surface area contributed by atoms with Crippen molar-refractivity contribution in [1.82, 2.24) is 20.3 Å². The molecule has 6 nitrogen and oxygen atoms in total. The number of hydrogen-bond acceptors (Lipinski definition) is 4. The Morgan fingerprint density at radius 2 is 2.30 bits per heavy atom. The van der Waals surface area contributed by atoms with Crippen LogP contribution in [0, 0.1) is 0 Å². The van der Waals surface area contributed by atoms with Crippen LogP contribution in [0.25, 0.3) is 0 Å². The van der Waals surface area contributed by atoms with Crippen LogP contribution in [-0.2, 0) is 0 Å². The minimum absolute atomic E-state index is 0.286. The zero-order chi connectivity index (χ0) is 14.1. The quantitative estimate of drug-likeness (QED) is 0.883. The molecule has 3 rings (SSSR count). The molecule has 1 aliphatic rings. The van der Waals surface area contributed by atoms with Crippen molar-refractivity contribution >= 4 is 39.1 Å². The SMILES string of the molecule is O=C(Nc1ccc(Cl)c(Br)c1)c1cn(C2CNC2)nn1. The van der Waals surface area contributed by atoms with E-state index in [1.807, 2.05) is 0 Å². The summed E-state index contributed by atoms with van der Waals surface area (Å²) in [6, 6.07) is 5.46. The number of aromatic nitrogens is 3. The summed E-state index contributed by atoms with van der Waals surface area (Å²) in [4.78, 5) is 12.1. The molecular formula is C12H11BrClN5O. The predicted octanol–water partition coefficient (Wildman–Crippen LogP) is 2.09. The fourth-order valence-electron chi connectivity index (χ4n) is 1.79. The van der Waals surface area contributed by atoms with Gasteiger partial charge in [-0.2, -0.15) is 0 Å². The van der Waals surface area contributed by atoms with Gasteiger partial charge in [-0.3, -0.25) is 4.79 Å². The van der Waals surface area contributed by atoms with Gasteiger partial charge in [-0.25, -0.2) is 4.68 Å². The third kappa shape index (κ3) is 2.70. The first-order valence-corrected chi connectivity index (χ1v) is 7.19. The molecule has 0 saturated carbocycles. The van der Waals surface area contributed by atoms with E-state index in [9.17, 15) is 4.79 Å². The third-order valence-electron chi connectivity index (χ3n) is 3.05. The second kappa shape index (κ2) is 5.51. The van der Waals surface area contributed by atoms with E-state index in [4.69, 9.17) is 11.6 Å². The molecule has 1 saturated heterocycles. The van der Waals surface area contributed by atoms with Gasteiger partial charge in [0.1, 0.15) is 0 Å². The second-order valence-electron chi connectivity index (χ2n) is 4.48. The number of benzene rings is 1. The smallest absolute Gasteiger partial charge is 0.277 e. The van der Waals surface area contributed by atoms with Crippen LogP contribution < -0.4 is 10.6 Å². The summed E-state index contributed by atoms with van der Waals surface area (Å²) in [7, 11) is 0. The van der Waals surface area contributed by atoms with E-state index < -0.39 is 0 Å². The molecule has 0 unspecified atom stereocenters. The monoisotopic (exact) mass is 355 g/mol. The summed E-state index contributed by atoms with van der Waals surface area (Å²) >= 11 is 9.21. The first-order chi connectivity index (χ1) is 9.63. The average molecular weight is 357 g/mol. The summed E-state index contributed by atoms with van der Waals surface area (Å²) in [5.41, 5.74) is 0.939. The average Bonchev–Trinajstić information content (AvgIpc) is 2.81. The molecule has 0 spiro atoms. The maximum absolute atomic E-state index is 12.1. The number of halogens is 2. The molecule has 2 aromatic rings. The van der Waals surface area contributed by atoms with Gasteiger partial charge in [0.15, 0.2) is 5.69 Å². The number of hydrogen-bond donors (Lipinski definition) is 2. The summed E-state index contributed by atoms with van der Waals surface area (Å²) in [5.74, 6) is -0.294. The Labute approximate surface area is 128 Å². The standard InChI is InChI=1S/C12H11BrClN5O/c13-9-3-7(1-2-10(9)14)16-12(20)11-6-19(18-17-11)8-4-15-5-8/h1-3,6,8,15H,4-5H2,(H,16,20). The van der Waals surface area contributed by atoms with Gasteiger partial charge in [0.25, 0.3) is 5.91 Å². The van der Waals surface area contributed by atoms with E-state index >= 15 is 0 Å². The molecule has 104 valence electrons. The number of amides is 1. The lowest BCUT2D eigenvalue weighted by atomic mass is 10.2. The Morgan fingerprint density at radius 3 is 2.95 bits per heavy atom. The lowest BCUT2D eigenvalue weighted by molar-refractivity contribution is 0.102. The molecule has 1 aliphatic heterocycles. The van der Waals surface area contributed by atoms with E-state index in [-0.39, 0.29) is 11.9 Å². The van der Waals surface area contributed by atoms with Gasteiger partial charge in [-0.05, 0) is 34.1 Å². The van der Waals surface area contributed by atoms with E-state index in [0.29, 0.717) is 16.4 Å². The maximum atomic E-state index is 12.1. The molecule has 1 aromatic carbocycles. The number of nitrogens with zero attached hydrogens (tertiary/aromatic N) is 3. The summed E-state index contributed by atoms with van der Waals surface area (Å²) in [5, 5.41) is 14.3. The third-order valence-corrected chi connectivity index (χ3v) is 4.27. The van der Waals surface area contributed by atoms with Crippen molar-refractivity contribution < 1.29 is 4.79 Å². The number of carbonyl (C=O) groups excluding carboxylic acids is 1. The second-order valence-corrected chi connectivity index (χ2v) is 5.74. The molecule has 1 fully saturated rings. The van der Waals surface area contributed by atoms with Crippen molar-refractivity contribution in [2.45, 2.75) is 6.04 Å². The first kappa shape index (κ1) is 13.5. The van der Waals surface area contributed by atoms with Crippen LogP contribution in [0.4, 0.5) is 5.69 Å². The largest absolute Gasteiger partial charge is 0.321 e. The van der Waals surface area contributed by atoms with Crippen molar-refractivity contribution in [1.29, 1.82) is 0 Å². The Balaban J connectivity index is 1.71. The van der Waals surface area contributed by atoms with E-state index in [2.05, 4.69) is 36.9 Å². The molecule has 0 bridgehead atoms. The fraction of sp³-hybridized carbons (Fsp3) is 0.250. The van der Waals surface area contributed by atoms with Gasteiger partial charge in [-0.15, -0.1) is 5.10 Å². The molecule has 1 aromatic heterocycles. The molecule has 0 atom stereocenters. The zero-order valence-corrected chi connectivity index (χ0v) is 12.6. The molecule has 0 aliphatic carbocycles.